The van der Waals surface area contributed by atoms with Gasteiger partial charge in [0.15, 0.2) is 5.76 Å². The first-order valence-corrected chi connectivity index (χ1v) is 14.9. The highest BCUT2D eigenvalue weighted by atomic mass is 32.2. The fraction of sp³-hybridized carbons (Fsp3) is 0.188. The molecule has 3 N–H and O–H groups in total. The maximum Gasteiger partial charge on any atom is 0.291 e. The van der Waals surface area contributed by atoms with Crippen molar-refractivity contribution in [3.05, 3.63) is 113 Å². The minimum Gasteiger partial charge on any atom is -0.459 e. The SMILES string of the molecule is Cc1ccoc1C(=O)Nc1cccc(C#Cc2cncc(C(=O)NS(=O)(=CCCN(C)CCO)c3ccccc3)c2)c1. The summed E-state index contributed by atoms with van der Waals surface area (Å²) in [7, 11) is -1.19. The van der Waals surface area contributed by atoms with Gasteiger partial charge in [-0.2, -0.15) is 0 Å². The molecule has 2 aromatic heterocycles. The van der Waals surface area contributed by atoms with E-state index in [-0.39, 0.29) is 23.8 Å². The van der Waals surface area contributed by atoms with E-state index in [0.717, 1.165) is 5.56 Å². The molecule has 4 aromatic rings. The van der Waals surface area contributed by atoms with E-state index in [0.29, 0.717) is 41.2 Å². The van der Waals surface area contributed by atoms with E-state index >= 15 is 0 Å². The highest BCUT2D eigenvalue weighted by molar-refractivity contribution is 8.00. The van der Waals surface area contributed by atoms with Gasteiger partial charge in [0.05, 0.1) is 28.1 Å². The summed E-state index contributed by atoms with van der Waals surface area (Å²) in [6, 6.07) is 19.1. The molecule has 2 amide bonds. The number of aliphatic hydroxyl groups excluding tert-OH is 1. The molecule has 4 rings (SSSR count). The molecule has 42 heavy (non-hydrogen) atoms. The largest absolute Gasteiger partial charge is 0.459 e. The maximum absolute atomic E-state index is 14.0. The average molecular weight is 585 g/mol. The summed E-state index contributed by atoms with van der Waals surface area (Å²) in [6.45, 7) is 2.89. The van der Waals surface area contributed by atoms with Gasteiger partial charge < -0.3 is 19.7 Å². The summed E-state index contributed by atoms with van der Waals surface area (Å²) in [5.41, 5.74) is 2.65. The number of rotatable bonds is 10. The minimum atomic E-state index is -3.05. The molecule has 216 valence electrons. The van der Waals surface area contributed by atoms with Crippen molar-refractivity contribution in [1.29, 1.82) is 0 Å². The summed E-state index contributed by atoms with van der Waals surface area (Å²) in [5.74, 6) is 5.37. The average Bonchev–Trinajstić information content (AvgIpc) is 3.43. The molecular weight excluding hydrogens is 552 g/mol. The predicted molar refractivity (Wildman–Crippen MR) is 164 cm³/mol. The molecule has 2 heterocycles. The summed E-state index contributed by atoms with van der Waals surface area (Å²) in [6.07, 6.45) is 4.83. The number of hydrogen-bond donors (Lipinski definition) is 3. The lowest BCUT2D eigenvalue weighted by Crippen LogP contribution is -2.33. The van der Waals surface area contributed by atoms with Crippen LogP contribution in [0.15, 0.2) is 94.7 Å². The minimum absolute atomic E-state index is 0.0288. The smallest absolute Gasteiger partial charge is 0.291 e. The van der Waals surface area contributed by atoms with E-state index < -0.39 is 15.6 Å². The predicted octanol–water partition coefficient (Wildman–Crippen LogP) is 3.74. The van der Waals surface area contributed by atoms with Crippen LogP contribution < -0.4 is 10.0 Å². The number of benzene rings is 2. The normalized spacial score (nSPS) is 12.1. The van der Waals surface area contributed by atoms with E-state index in [2.05, 4.69) is 26.9 Å². The van der Waals surface area contributed by atoms with Crippen LogP contribution >= 0.6 is 0 Å². The lowest BCUT2D eigenvalue weighted by atomic mass is 10.1. The van der Waals surface area contributed by atoms with Crippen LogP contribution in [-0.4, -0.2) is 63.1 Å². The Morgan fingerprint density at radius 1 is 1.00 bits per heavy atom. The number of anilines is 1. The highest BCUT2D eigenvalue weighted by Gasteiger charge is 2.17. The molecule has 0 fully saturated rings. The van der Waals surface area contributed by atoms with Crippen LogP contribution in [-0.2, 0) is 9.71 Å². The van der Waals surface area contributed by atoms with Crippen molar-refractivity contribution in [2.75, 3.05) is 32.1 Å². The lowest BCUT2D eigenvalue weighted by Gasteiger charge is -2.16. The third kappa shape index (κ3) is 8.17. The molecule has 1 unspecified atom stereocenters. The molecule has 0 spiro atoms. The highest BCUT2D eigenvalue weighted by Crippen LogP contribution is 2.15. The molecule has 2 aromatic carbocycles. The third-order valence-corrected chi connectivity index (χ3v) is 8.39. The lowest BCUT2D eigenvalue weighted by molar-refractivity contribution is 0.0978. The Morgan fingerprint density at radius 3 is 2.52 bits per heavy atom. The first-order chi connectivity index (χ1) is 20.3. The molecule has 10 heteroatoms. The van der Waals surface area contributed by atoms with Gasteiger partial charge in [-0.15, -0.1) is 0 Å². The zero-order valence-corrected chi connectivity index (χ0v) is 24.2. The van der Waals surface area contributed by atoms with Gasteiger partial charge >= 0.3 is 0 Å². The molecule has 0 aliphatic carbocycles. The number of carbonyl (C=O) groups excluding carboxylic acids is 2. The number of aryl methyl sites for hydroxylation is 1. The zero-order chi connectivity index (χ0) is 30.0. The first kappa shape index (κ1) is 30.3. The fourth-order valence-corrected chi connectivity index (χ4v) is 5.77. The molecule has 0 aliphatic rings. The molecule has 1 atom stereocenters. The quantitative estimate of drug-likeness (QED) is 0.192. The molecule has 0 aliphatic heterocycles. The number of aromatic nitrogens is 1. The topological polar surface area (TPSA) is 125 Å². The van der Waals surface area contributed by atoms with Gasteiger partial charge in [-0.25, -0.2) is 4.21 Å². The van der Waals surface area contributed by atoms with Gasteiger partial charge in [0.2, 0.25) is 0 Å². The number of carbonyl (C=O) groups is 2. The van der Waals surface area contributed by atoms with Gasteiger partial charge in [0.1, 0.15) is 0 Å². The molecular formula is C32H32N4O5S. The zero-order valence-electron chi connectivity index (χ0n) is 23.4. The monoisotopic (exact) mass is 584 g/mol. The van der Waals surface area contributed by atoms with Crippen LogP contribution in [0.5, 0.6) is 0 Å². The Labute approximate surface area is 245 Å². The van der Waals surface area contributed by atoms with Crippen LogP contribution in [0.2, 0.25) is 0 Å². The number of hydrogen-bond acceptors (Lipinski definition) is 7. The molecule has 0 saturated heterocycles. The van der Waals surface area contributed by atoms with Gasteiger partial charge in [-0.1, -0.05) is 36.1 Å². The van der Waals surface area contributed by atoms with Crippen molar-refractivity contribution in [2.45, 2.75) is 18.2 Å². The van der Waals surface area contributed by atoms with Crippen molar-refractivity contribution < 1.29 is 23.3 Å². The summed E-state index contributed by atoms with van der Waals surface area (Å²) in [4.78, 5) is 32.3. The number of nitrogens with one attached hydrogen (secondary N) is 2. The van der Waals surface area contributed by atoms with E-state index in [1.807, 2.05) is 18.0 Å². The summed E-state index contributed by atoms with van der Waals surface area (Å²) in [5, 5.41) is 13.5. The molecule has 0 bridgehead atoms. The standard InChI is InChI=1S/C32H32N4O5S/c1-24-14-18-41-30(24)32(39)34-28-9-6-8-25(21-28)12-13-26-20-27(23-33-22-26)31(38)35-42(40,29-10-4-3-5-11-29)19-7-15-36(2)16-17-37/h3-6,8-11,14,18-23,37H,7,15-17H2,1-2H3,(H,34,39)(H,35,38,40). The van der Waals surface area contributed by atoms with Crippen LogP contribution in [0.1, 0.15) is 44.0 Å². The fourth-order valence-electron chi connectivity index (χ4n) is 3.98. The second-order valence-corrected chi connectivity index (χ2v) is 11.7. The first-order valence-electron chi connectivity index (χ1n) is 13.2. The van der Waals surface area contributed by atoms with Crippen LogP contribution in [0.4, 0.5) is 5.69 Å². The number of amides is 2. The van der Waals surface area contributed by atoms with E-state index in [1.165, 1.54) is 18.7 Å². The van der Waals surface area contributed by atoms with E-state index in [1.54, 1.807) is 73.0 Å². The van der Waals surface area contributed by atoms with Crippen molar-refractivity contribution in [1.82, 2.24) is 14.6 Å². The Hall–Kier alpha value is -4.69. The third-order valence-electron chi connectivity index (χ3n) is 6.22. The van der Waals surface area contributed by atoms with Crippen molar-refractivity contribution in [3.8, 4) is 11.8 Å². The molecule has 9 nitrogen and oxygen atoms in total. The van der Waals surface area contributed by atoms with Crippen molar-refractivity contribution in [2.24, 2.45) is 0 Å². The Bertz CT molecular complexity index is 1730. The van der Waals surface area contributed by atoms with E-state index in [4.69, 9.17) is 9.52 Å². The second kappa shape index (κ2) is 14.3. The molecule has 0 radical (unpaired) electrons. The van der Waals surface area contributed by atoms with Crippen molar-refractivity contribution in [3.63, 3.8) is 0 Å². The number of furan rings is 1. The van der Waals surface area contributed by atoms with E-state index in [9.17, 15) is 13.8 Å². The second-order valence-electron chi connectivity index (χ2n) is 9.51. The van der Waals surface area contributed by atoms with Crippen LogP contribution in [0.3, 0.4) is 0 Å². The Kier molecular flexibility index (Phi) is 10.3. The van der Waals surface area contributed by atoms with Gasteiger partial charge in [-0.05, 0) is 68.2 Å². The number of aliphatic hydroxyl groups is 1. The maximum atomic E-state index is 14.0. The summed E-state index contributed by atoms with van der Waals surface area (Å²) < 4.78 is 21.9. The van der Waals surface area contributed by atoms with Gasteiger partial charge in [0.25, 0.3) is 11.8 Å². The number of likely N-dealkylation sites (N-methyl/N-ethyl adjacent to an activating group) is 1. The number of pyridine rings is 1. The van der Waals surface area contributed by atoms with Crippen molar-refractivity contribution >= 4 is 32.6 Å². The Balaban J connectivity index is 1.50. The summed E-state index contributed by atoms with van der Waals surface area (Å²) >= 11 is 0. The number of nitrogens with zero attached hydrogens (tertiary/aromatic N) is 2. The van der Waals surface area contributed by atoms with Gasteiger partial charge in [0, 0.05) is 52.8 Å². The molecule has 0 saturated carbocycles. The van der Waals surface area contributed by atoms with Gasteiger partial charge in [-0.3, -0.25) is 19.3 Å². The van der Waals surface area contributed by atoms with Crippen LogP contribution in [0, 0.1) is 18.8 Å². The Morgan fingerprint density at radius 2 is 1.79 bits per heavy atom. The van der Waals surface area contributed by atoms with Crippen LogP contribution in [0.25, 0.3) is 0 Å².